The van der Waals surface area contributed by atoms with Crippen LogP contribution in [0.15, 0.2) is 17.5 Å². The molecule has 0 fully saturated rings. The van der Waals surface area contributed by atoms with Crippen LogP contribution in [0.25, 0.3) is 10.1 Å². The average Bonchev–Trinajstić information content (AvgIpc) is 2.64. The lowest BCUT2D eigenvalue weighted by Crippen LogP contribution is -1.88. The first-order chi connectivity index (χ1) is 6.77. The molecule has 1 heterocycles. The highest BCUT2D eigenvalue weighted by Crippen LogP contribution is 2.38. The minimum absolute atomic E-state index is 0.708. The van der Waals surface area contributed by atoms with Crippen molar-refractivity contribution in [3.63, 3.8) is 0 Å². The van der Waals surface area contributed by atoms with E-state index in [1.54, 1.807) is 18.4 Å². The zero-order valence-corrected chi connectivity index (χ0v) is 10.7. The zero-order valence-electron chi connectivity index (χ0n) is 7.51. The molecule has 2 rings (SSSR count). The van der Waals surface area contributed by atoms with Gasteiger partial charge in [-0.15, -0.1) is 11.3 Å². The predicted octanol–water partition coefficient (Wildman–Crippen LogP) is 4.46. The Labute approximate surface area is 99.8 Å². The molecular formula is C10H8BrClOS. The third kappa shape index (κ3) is 1.53. The van der Waals surface area contributed by atoms with Crippen LogP contribution in [0.3, 0.4) is 0 Å². The van der Waals surface area contributed by atoms with Gasteiger partial charge in [-0.05, 0) is 22.9 Å². The minimum Gasteiger partial charge on any atom is -0.495 e. The van der Waals surface area contributed by atoms with Gasteiger partial charge in [0.15, 0.2) is 0 Å². The lowest BCUT2D eigenvalue weighted by atomic mass is 10.2. The maximum absolute atomic E-state index is 6.20. The molecule has 1 aromatic heterocycles. The summed E-state index contributed by atoms with van der Waals surface area (Å²) in [5.74, 6) is 0.743. The molecule has 0 bridgehead atoms. The van der Waals surface area contributed by atoms with Gasteiger partial charge in [-0.2, -0.15) is 0 Å². The number of methoxy groups -OCH3 is 1. The predicted molar refractivity (Wildman–Crippen MR) is 66.0 cm³/mol. The van der Waals surface area contributed by atoms with Crippen molar-refractivity contribution in [2.24, 2.45) is 0 Å². The SMILES string of the molecule is COc1cc2ccsc2c(CBr)c1Cl. The van der Waals surface area contributed by atoms with E-state index in [2.05, 4.69) is 27.4 Å². The second-order valence-electron chi connectivity index (χ2n) is 2.84. The van der Waals surface area contributed by atoms with Gasteiger partial charge in [0.25, 0.3) is 0 Å². The van der Waals surface area contributed by atoms with Gasteiger partial charge in [-0.1, -0.05) is 27.5 Å². The van der Waals surface area contributed by atoms with Crippen LogP contribution in [0.5, 0.6) is 5.75 Å². The topological polar surface area (TPSA) is 9.23 Å². The zero-order chi connectivity index (χ0) is 10.1. The van der Waals surface area contributed by atoms with Gasteiger partial charge in [0.05, 0.1) is 12.1 Å². The fourth-order valence-corrected chi connectivity index (χ4v) is 3.59. The van der Waals surface area contributed by atoms with E-state index in [9.17, 15) is 0 Å². The van der Waals surface area contributed by atoms with Crippen molar-refractivity contribution >= 4 is 49.0 Å². The summed E-state index contributed by atoms with van der Waals surface area (Å²) in [6.07, 6.45) is 0. The van der Waals surface area contributed by atoms with E-state index in [0.29, 0.717) is 5.02 Å². The van der Waals surface area contributed by atoms with Crippen molar-refractivity contribution in [1.29, 1.82) is 0 Å². The number of hydrogen-bond acceptors (Lipinski definition) is 2. The molecule has 0 atom stereocenters. The van der Waals surface area contributed by atoms with Crippen LogP contribution < -0.4 is 4.74 Å². The van der Waals surface area contributed by atoms with E-state index in [4.69, 9.17) is 16.3 Å². The van der Waals surface area contributed by atoms with Crippen molar-refractivity contribution in [1.82, 2.24) is 0 Å². The summed E-state index contributed by atoms with van der Waals surface area (Å²) in [6.45, 7) is 0. The Morgan fingerprint density at radius 2 is 2.36 bits per heavy atom. The monoisotopic (exact) mass is 290 g/mol. The standard InChI is InChI=1S/C10H8BrClOS/c1-13-8-4-6-2-3-14-10(6)7(5-11)9(8)12/h2-4H,5H2,1H3. The van der Waals surface area contributed by atoms with Crippen LogP contribution in [0, 0.1) is 0 Å². The Hall–Kier alpha value is -0.250. The summed E-state index contributed by atoms with van der Waals surface area (Å²) in [5, 5.41) is 4.71. The van der Waals surface area contributed by atoms with Gasteiger partial charge in [-0.25, -0.2) is 0 Å². The van der Waals surface area contributed by atoms with Gasteiger partial charge < -0.3 is 4.74 Å². The molecular weight excluding hydrogens is 284 g/mol. The number of fused-ring (bicyclic) bond motifs is 1. The molecule has 74 valence electrons. The van der Waals surface area contributed by atoms with Crippen LogP contribution in [-0.2, 0) is 5.33 Å². The van der Waals surface area contributed by atoms with Crippen LogP contribution in [0.4, 0.5) is 0 Å². The van der Waals surface area contributed by atoms with E-state index < -0.39 is 0 Å². The van der Waals surface area contributed by atoms with Gasteiger partial charge in [0.2, 0.25) is 0 Å². The number of benzene rings is 1. The summed E-state index contributed by atoms with van der Waals surface area (Å²) in [6, 6.07) is 4.05. The Morgan fingerprint density at radius 1 is 1.57 bits per heavy atom. The molecule has 4 heteroatoms. The second-order valence-corrected chi connectivity index (χ2v) is 4.70. The van der Waals surface area contributed by atoms with E-state index in [1.165, 1.54) is 10.1 Å². The maximum Gasteiger partial charge on any atom is 0.138 e. The summed E-state index contributed by atoms with van der Waals surface area (Å²) >= 11 is 11.3. The van der Waals surface area contributed by atoms with E-state index >= 15 is 0 Å². The Bertz CT molecular complexity index is 466. The van der Waals surface area contributed by atoms with Gasteiger partial charge in [-0.3, -0.25) is 0 Å². The third-order valence-electron chi connectivity index (χ3n) is 2.09. The number of thiophene rings is 1. The van der Waals surface area contributed by atoms with Crippen molar-refractivity contribution in [3.8, 4) is 5.75 Å². The molecule has 1 aromatic carbocycles. The highest BCUT2D eigenvalue weighted by molar-refractivity contribution is 9.08. The van der Waals surface area contributed by atoms with Crippen LogP contribution in [0.1, 0.15) is 5.56 Å². The lowest BCUT2D eigenvalue weighted by molar-refractivity contribution is 0.415. The summed E-state index contributed by atoms with van der Waals surface area (Å²) < 4.78 is 6.45. The number of alkyl halides is 1. The van der Waals surface area contributed by atoms with Crippen molar-refractivity contribution < 1.29 is 4.74 Å². The smallest absolute Gasteiger partial charge is 0.138 e. The molecule has 14 heavy (non-hydrogen) atoms. The first-order valence-corrected chi connectivity index (χ1v) is 6.44. The maximum atomic E-state index is 6.20. The molecule has 2 aromatic rings. The molecule has 0 spiro atoms. The first-order valence-electron chi connectivity index (χ1n) is 4.06. The highest BCUT2D eigenvalue weighted by atomic mass is 79.9. The number of halogens is 2. The molecule has 0 unspecified atom stereocenters. The fourth-order valence-electron chi connectivity index (χ4n) is 1.40. The largest absolute Gasteiger partial charge is 0.495 e. The quantitative estimate of drug-likeness (QED) is 0.742. The van der Waals surface area contributed by atoms with Crippen molar-refractivity contribution in [2.75, 3.05) is 7.11 Å². The fraction of sp³-hybridized carbons (Fsp3) is 0.200. The van der Waals surface area contributed by atoms with Crippen LogP contribution in [-0.4, -0.2) is 7.11 Å². The first kappa shape index (κ1) is 10.3. The van der Waals surface area contributed by atoms with Gasteiger partial charge in [0.1, 0.15) is 5.75 Å². The average molecular weight is 292 g/mol. The van der Waals surface area contributed by atoms with Gasteiger partial charge in [0, 0.05) is 15.6 Å². The Kier molecular flexibility index (Phi) is 3.00. The lowest BCUT2D eigenvalue weighted by Gasteiger charge is -2.07. The number of hydrogen-bond donors (Lipinski definition) is 0. The molecule has 1 nitrogen and oxygen atoms in total. The van der Waals surface area contributed by atoms with Crippen LogP contribution in [0.2, 0.25) is 5.02 Å². The summed E-state index contributed by atoms with van der Waals surface area (Å²) in [7, 11) is 1.64. The normalized spacial score (nSPS) is 10.8. The number of rotatable bonds is 2. The molecule has 0 N–H and O–H groups in total. The molecule has 0 saturated heterocycles. The molecule has 0 amide bonds. The third-order valence-corrected chi connectivity index (χ3v) is 4.06. The second kappa shape index (κ2) is 4.09. The van der Waals surface area contributed by atoms with Crippen molar-refractivity contribution in [3.05, 3.63) is 28.1 Å². The highest BCUT2D eigenvalue weighted by Gasteiger charge is 2.11. The number of ether oxygens (including phenoxy) is 1. The molecule has 0 aliphatic heterocycles. The Morgan fingerprint density at radius 3 is 3.00 bits per heavy atom. The van der Waals surface area contributed by atoms with Crippen molar-refractivity contribution in [2.45, 2.75) is 5.33 Å². The van der Waals surface area contributed by atoms with Crippen LogP contribution >= 0.6 is 38.9 Å². The van der Waals surface area contributed by atoms with E-state index in [-0.39, 0.29) is 0 Å². The van der Waals surface area contributed by atoms with E-state index in [0.717, 1.165) is 16.6 Å². The minimum atomic E-state index is 0.708. The molecule has 0 aliphatic carbocycles. The molecule has 0 saturated carbocycles. The summed E-state index contributed by atoms with van der Waals surface area (Å²) in [4.78, 5) is 0. The molecule has 0 radical (unpaired) electrons. The Balaban J connectivity index is 2.80. The van der Waals surface area contributed by atoms with E-state index in [1.807, 2.05) is 6.07 Å². The molecule has 0 aliphatic rings. The van der Waals surface area contributed by atoms with Gasteiger partial charge >= 0.3 is 0 Å². The summed E-state index contributed by atoms with van der Waals surface area (Å²) in [5.41, 5.74) is 1.11.